The number of hydrogen-bond donors (Lipinski definition) is 4. The van der Waals surface area contributed by atoms with Gasteiger partial charge in [-0.25, -0.2) is 0 Å². The number of para-hydroxylation sites is 2. The van der Waals surface area contributed by atoms with Crippen LogP contribution >= 0.6 is 0 Å². The van der Waals surface area contributed by atoms with E-state index in [0.29, 0.717) is 21.8 Å². The van der Waals surface area contributed by atoms with Crippen molar-refractivity contribution in [1.29, 1.82) is 0 Å². The lowest BCUT2D eigenvalue weighted by molar-refractivity contribution is 0.102. The molecule has 0 radical (unpaired) electrons. The molecule has 0 bridgehead atoms. The molecule has 1 amide bonds. The average molecular weight is 377 g/mol. The molecule has 0 unspecified atom stereocenters. The first-order chi connectivity index (χ1) is 13.4. The van der Waals surface area contributed by atoms with Crippen LogP contribution in [-0.4, -0.2) is 25.7 Å². The van der Waals surface area contributed by atoms with Crippen molar-refractivity contribution < 1.29 is 15.0 Å². The van der Waals surface area contributed by atoms with Gasteiger partial charge < -0.3 is 25.1 Å². The molecule has 0 aliphatic carbocycles. The fourth-order valence-corrected chi connectivity index (χ4v) is 3.20. The predicted octanol–water partition coefficient (Wildman–Crippen LogP) is 2.04. The monoisotopic (exact) mass is 377 g/mol. The van der Waals surface area contributed by atoms with Crippen LogP contribution < -0.4 is 16.4 Å². The summed E-state index contributed by atoms with van der Waals surface area (Å²) in [7, 11) is 1.47. The Kier molecular flexibility index (Phi) is 3.89. The Morgan fingerprint density at radius 1 is 0.964 bits per heavy atom. The van der Waals surface area contributed by atoms with Crippen molar-refractivity contribution in [1.82, 2.24) is 9.55 Å². The van der Waals surface area contributed by atoms with Gasteiger partial charge in [0.15, 0.2) is 11.4 Å². The number of pyridine rings is 2. The van der Waals surface area contributed by atoms with E-state index in [2.05, 4.69) is 10.3 Å². The molecule has 4 aromatic rings. The minimum Gasteiger partial charge on any atom is -0.506 e. The maximum Gasteiger partial charge on any atom is 0.276 e. The predicted molar refractivity (Wildman–Crippen MR) is 105 cm³/mol. The average Bonchev–Trinajstić information content (AvgIpc) is 2.69. The summed E-state index contributed by atoms with van der Waals surface area (Å²) in [6, 6.07) is 13.1. The third-order valence-corrected chi connectivity index (χ3v) is 4.64. The number of aromatic nitrogens is 2. The second-order valence-electron chi connectivity index (χ2n) is 6.28. The molecule has 2 aromatic carbocycles. The van der Waals surface area contributed by atoms with Crippen LogP contribution in [0.2, 0.25) is 0 Å². The second kappa shape index (κ2) is 6.27. The molecule has 2 aromatic heterocycles. The lowest BCUT2D eigenvalue weighted by atomic mass is 10.1. The number of carbonyl (C=O) groups is 1. The van der Waals surface area contributed by atoms with Gasteiger partial charge in [-0.1, -0.05) is 24.3 Å². The van der Waals surface area contributed by atoms with Gasteiger partial charge in [0.25, 0.3) is 17.0 Å². The summed E-state index contributed by atoms with van der Waals surface area (Å²) in [4.78, 5) is 40.2. The number of nitrogens with zero attached hydrogens (tertiary/aromatic N) is 1. The minimum absolute atomic E-state index is 0.311. The van der Waals surface area contributed by atoms with Crippen LogP contribution in [0.5, 0.6) is 11.5 Å². The Balaban J connectivity index is 1.88. The van der Waals surface area contributed by atoms with Crippen molar-refractivity contribution >= 4 is 33.4 Å². The number of aryl methyl sites for hydroxylation is 1. The quantitative estimate of drug-likeness (QED) is 0.426. The van der Waals surface area contributed by atoms with E-state index in [1.54, 1.807) is 48.5 Å². The zero-order chi connectivity index (χ0) is 20.0. The molecule has 4 rings (SSSR count). The van der Waals surface area contributed by atoms with Crippen LogP contribution in [0, 0.1) is 0 Å². The molecule has 4 N–H and O–H groups in total. The highest BCUT2D eigenvalue weighted by Crippen LogP contribution is 2.30. The van der Waals surface area contributed by atoms with Crippen LogP contribution in [0.15, 0.2) is 58.1 Å². The molecule has 0 fully saturated rings. The Morgan fingerprint density at radius 2 is 1.61 bits per heavy atom. The van der Waals surface area contributed by atoms with Crippen LogP contribution in [0.4, 0.5) is 5.69 Å². The van der Waals surface area contributed by atoms with Crippen molar-refractivity contribution in [2.75, 3.05) is 5.32 Å². The third-order valence-electron chi connectivity index (χ3n) is 4.64. The number of fused-ring (bicyclic) bond motifs is 2. The van der Waals surface area contributed by atoms with E-state index < -0.39 is 39.8 Å². The van der Waals surface area contributed by atoms with E-state index in [-0.39, 0.29) is 0 Å². The summed E-state index contributed by atoms with van der Waals surface area (Å²) in [6.07, 6.45) is 0. The first-order valence-electron chi connectivity index (χ1n) is 8.36. The maximum absolute atomic E-state index is 12.7. The van der Waals surface area contributed by atoms with E-state index in [1.807, 2.05) is 0 Å². The molecule has 0 spiro atoms. The SMILES string of the molecule is Cn1c(=O)c(C(=O)Nc2c(O)c3ccccc3[nH]c2=O)c(O)c2ccccc21. The van der Waals surface area contributed by atoms with Crippen molar-refractivity contribution in [2.24, 2.45) is 7.05 Å². The van der Waals surface area contributed by atoms with E-state index in [1.165, 1.54) is 11.6 Å². The number of rotatable bonds is 2. The van der Waals surface area contributed by atoms with Crippen LogP contribution in [0.25, 0.3) is 21.8 Å². The lowest BCUT2D eigenvalue weighted by Gasteiger charge is -2.12. The van der Waals surface area contributed by atoms with Gasteiger partial charge in [0, 0.05) is 17.8 Å². The van der Waals surface area contributed by atoms with E-state index in [0.717, 1.165) is 0 Å². The van der Waals surface area contributed by atoms with Gasteiger partial charge in [0.2, 0.25) is 0 Å². The summed E-state index contributed by atoms with van der Waals surface area (Å²) in [5.41, 5.74) is -1.54. The molecule has 0 atom stereocenters. The van der Waals surface area contributed by atoms with Crippen LogP contribution in [-0.2, 0) is 7.05 Å². The van der Waals surface area contributed by atoms with Gasteiger partial charge in [-0.3, -0.25) is 14.4 Å². The maximum atomic E-state index is 12.7. The van der Waals surface area contributed by atoms with E-state index in [9.17, 15) is 24.6 Å². The molecule has 8 nitrogen and oxygen atoms in total. The normalized spacial score (nSPS) is 11.0. The minimum atomic E-state index is -1.00. The number of benzene rings is 2. The zero-order valence-corrected chi connectivity index (χ0v) is 14.7. The van der Waals surface area contributed by atoms with Crippen molar-refractivity contribution in [3.05, 3.63) is 74.8 Å². The molecule has 0 saturated heterocycles. The number of hydrogen-bond acceptors (Lipinski definition) is 5. The van der Waals surface area contributed by atoms with Gasteiger partial charge in [0.05, 0.1) is 11.0 Å². The molecule has 0 saturated carbocycles. The Bertz CT molecular complexity index is 1380. The zero-order valence-electron chi connectivity index (χ0n) is 14.7. The summed E-state index contributed by atoms with van der Waals surface area (Å²) >= 11 is 0. The summed E-state index contributed by atoms with van der Waals surface area (Å²) in [5, 5.41) is 23.8. The largest absolute Gasteiger partial charge is 0.506 e. The number of carbonyl (C=O) groups excluding carboxylic acids is 1. The van der Waals surface area contributed by atoms with Crippen LogP contribution in [0.3, 0.4) is 0 Å². The van der Waals surface area contributed by atoms with E-state index >= 15 is 0 Å². The second-order valence-corrected chi connectivity index (χ2v) is 6.28. The van der Waals surface area contributed by atoms with Gasteiger partial charge in [0.1, 0.15) is 11.3 Å². The number of aromatic hydroxyl groups is 2. The number of nitrogens with one attached hydrogen (secondary N) is 2. The fourth-order valence-electron chi connectivity index (χ4n) is 3.20. The molecule has 0 aliphatic rings. The number of H-pyrrole nitrogens is 1. The van der Waals surface area contributed by atoms with Gasteiger partial charge in [-0.15, -0.1) is 0 Å². The number of aromatic amines is 1. The van der Waals surface area contributed by atoms with Crippen molar-refractivity contribution in [3.63, 3.8) is 0 Å². The first kappa shape index (κ1) is 17.3. The van der Waals surface area contributed by atoms with Gasteiger partial charge in [-0.05, 0) is 24.3 Å². The highest BCUT2D eigenvalue weighted by Gasteiger charge is 2.23. The summed E-state index contributed by atoms with van der Waals surface area (Å²) in [6.45, 7) is 0. The molecule has 140 valence electrons. The van der Waals surface area contributed by atoms with Crippen LogP contribution in [0.1, 0.15) is 10.4 Å². The molecule has 28 heavy (non-hydrogen) atoms. The standard InChI is InChI=1S/C20H15N3O5/c1-23-13-9-5-3-7-11(13)16(24)14(20(23)28)18(26)22-15-17(25)10-6-2-4-8-12(10)21-19(15)27/h2-9,24H,1H3,(H,22,26)(H2,21,25,27). The highest BCUT2D eigenvalue weighted by molar-refractivity contribution is 6.10. The Morgan fingerprint density at radius 3 is 2.36 bits per heavy atom. The van der Waals surface area contributed by atoms with Crippen molar-refractivity contribution in [2.45, 2.75) is 0 Å². The molecule has 0 aliphatic heterocycles. The molecule has 8 heteroatoms. The number of amides is 1. The molecule has 2 heterocycles. The van der Waals surface area contributed by atoms with Gasteiger partial charge >= 0.3 is 0 Å². The number of anilines is 1. The fraction of sp³-hybridized carbons (Fsp3) is 0.0500. The summed E-state index contributed by atoms with van der Waals surface area (Å²) in [5.74, 6) is -1.92. The molecular formula is C20H15N3O5. The third kappa shape index (κ3) is 2.50. The Hall–Kier alpha value is -4.07. The smallest absolute Gasteiger partial charge is 0.276 e. The highest BCUT2D eigenvalue weighted by atomic mass is 16.3. The molecular weight excluding hydrogens is 362 g/mol. The lowest BCUT2D eigenvalue weighted by Crippen LogP contribution is -2.29. The summed E-state index contributed by atoms with van der Waals surface area (Å²) < 4.78 is 1.23. The van der Waals surface area contributed by atoms with Crippen molar-refractivity contribution in [3.8, 4) is 11.5 Å². The topological polar surface area (TPSA) is 124 Å². The first-order valence-corrected chi connectivity index (χ1v) is 8.36. The Labute approximate surface area is 157 Å². The van der Waals surface area contributed by atoms with Gasteiger partial charge in [-0.2, -0.15) is 0 Å². The van der Waals surface area contributed by atoms with E-state index in [4.69, 9.17) is 0 Å².